The number of fused-ring (bicyclic) bond motifs is 1. The second-order valence-corrected chi connectivity index (χ2v) is 7.44. The van der Waals surface area contributed by atoms with Crippen molar-refractivity contribution >= 4 is 17.8 Å². The number of ether oxygens (including phenoxy) is 4. The number of amides is 2. The number of carbonyl (C=O) groups excluding carboxylic acids is 3. The van der Waals surface area contributed by atoms with Gasteiger partial charge in [-0.05, 0) is 38.8 Å². The van der Waals surface area contributed by atoms with Gasteiger partial charge in [-0.3, -0.25) is 14.5 Å². The fraction of sp³-hybridized carbons (Fsp3) is 0.571. The van der Waals surface area contributed by atoms with Crippen LogP contribution in [-0.4, -0.2) is 62.2 Å². The van der Waals surface area contributed by atoms with Gasteiger partial charge < -0.3 is 24.3 Å². The molecule has 0 aromatic heterocycles. The van der Waals surface area contributed by atoms with Crippen LogP contribution in [0.25, 0.3) is 0 Å². The molecule has 2 amide bonds. The minimum atomic E-state index is -0.970. The lowest BCUT2D eigenvalue weighted by Crippen LogP contribution is -2.46. The Hall–Kier alpha value is -2.81. The van der Waals surface area contributed by atoms with Crippen LogP contribution in [0, 0.1) is 0 Å². The first-order valence-electron chi connectivity index (χ1n) is 10.0. The largest absolute Gasteiger partial charge is 0.493 e. The lowest BCUT2D eigenvalue weighted by Gasteiger charge is -2.29. The van der Waals surface area contributed by atoms with Gasteiger partial charge >= 0.3 is 5.97 Å². The number of cyclic esters (lactones) is 1. The summed E-state index contributed by atoms with van der Waals surface area (Å²) in [5.74, 6) is -0.482. The van der Waals surface area contributed by atoms with Gasteiger partial charge in [0.1, 0.15) is 11.6 Å². The molecule has 0 saturated carbocycles. The molecule has 30 heavy (non-hydrogen) atoms. The Labute approximate surface area is 175 Å². The van der Waals surface area contributed by atoms with Crippen LogP contribution in [0.5, 0.6) is 11.5 Å². The molecule has 3 rings (SSSR count). The Balaban J connectivity index is 1.76. The number of likely N-dealkylation sites (tertiary alicyclic amines) is 1. The summed E-state index contributed by atoms with van der Waals surface area (Å²) in [6, 6.07) is 2.60. The van der Waals surface area contributed by atoms with Crippen molar-refractivity contribution in [3.05, 3.63) is 23.3 Å². The van der Waals surface area contributed by atoms with E-state index >= 15 is 0 Å². The van der Waals surface area contributed by atoms with Crippen LogP contribution in [0.15, 0.2) is 12.1 Å². The van der Waals surface area contributed by atoms with Gasteiger partial charge in [-0.25, -0.2) is 4.79 Å². The summed E-state index contributed by atoms with van der Waals surface area (Å²) in [6.07, 6.45) is 0.413. The zero-order chi connectivity index (χ0) is 21.8. The lowest BCUT2D eigenvalue weighted by atomic mass is 10.1. The molecule has 2 aliphatic rings. The van der Waals surface area contributed by atoms with Gasteiger partial charge in [-0.15, -0.1) is 0 Å². The van der Waals surface area contributed by atoms with E-state index in [0.29, 0.717) is 37.3 Å². The third-order valence-electron chi connectivity index (χ3n) is 5.15. The van der Waals surface area contributed by atoms with E-state index in [1.54, 1.807) is 12.1 Å². The van der Waals surface area contributed by atoms with Crippen LogP contribution in [0.3, 0.4) is 0 Å². The molecule has 0 unspecified atom stereocenters. The van der Waals surface area contributed by atoms with Gasteiger partial charge in [0.15, 0.2) is 11.5 Å². The maximum absolute atomic E-state index is 12.7. The van der Waals surface area contributed by atoms with Crippen molar-refractivity contribution in [3.8, 4) is 11.5 Å². The first kappa shape index (κ1) is 21.9. The van der Waals surface area contributed by atoms with E-state index in [-0.39, 0.29) is 35.7 Å². The molecule has 0 aliphatic carbocycles. The smallest absolute Gasteiger partial charge is 0.344 e. The topological polar surface area (TPSA) is 103 Å². The molecule has 1 fully saturated rings. The van der Waals surface area contributed by atoms with Crippen LogP contribution in [0.1, 0.15) is 55.3 Å². The quantitative estimate of drug-likeness (QED) is 0.480. The number of benzene rings is 1. The van der Waals surface area contributed by atoms with Crippen molar-refractivity contribution in [3.63, 3.8) is 0 Å². The second-order valence-electron chi connectivity index (χ2n) is 7.44. The number of rotatable bonds is 9. The second kappa shape index (κ2) is 9.34. The molecule has 9 heteroatoms. The highest BCUT2D eigenvalue weighted by atomic mass is 16.6. The molecule has 164 valence electrons. The number of nitrogens with zero attached hydrogens (tertiary/aromatic N) is 1. The lowest BCUT2D eigenvalue weighted by molar-refractivity contribution is -0.145. The molecule has 0 bridgehead atoms. The standard InChI is InChI=1S/C21H28N2O7/c1-12(2)29-11-5-10-22-19(25)14-7-9-16(24)23(14)20-13-6-8-15(27-3)18(28-4)17(13)21(26)30-20/h6,8,12,14,20H,5,7,9-11H2,1-4H3,(H,22,25)/t14-,20-/m0/s1. The van der Waals surface area contributed by atoms with Gasteiger partial charge in [0, 0.05) is 25.1 Å². The highest BCUT2D eigenvalue weighted by Crippen LogP contribution is 2.45. The first-order valence-corrected chi connectivity index (χ1v) is 10.0. The van der Waals surface area contributed by atoms with Gasteiger partial charge in [0.05, 0.1) is 20.3 Å². The normalized spacial score (nSPS) is 20.4. The minimum Gasteiger partial charge on any atom is -0.493 e. The highest BCUT2D eigenvalue weighted by Gasteiger charge is 2.47. The van der Waals surface area contributed by atoms with E-state index in [9.17, 15) is 14.4 Å². The van der Waals surface area contributed by atoms with Crippen molar-refractivity contribution in [1.29, 1.82) is 0 Å². The Morgan fingerprint density at radius 2 is 2.03 bits per heavy atom. The van der Waals surface area contributed by atoms with Crippen molar-refractivity contribution in [1.82, 2.24) is 10.2 Å². The van der Waals surface area contributed by atoms with Gasteiger partial charge in [0.25, 0.3) is 0 Å². The molecular weight excluding hydrogens is 392 g/mol. The summed E-state index contributed by atoms with van der Waals surface area (Å²) in [5.41, 5.74) is 0.697. The van der Waals surface area contributed by atoms with Crippen LogP contribution in [0.4, 0.5) is 0 Å². The average Bonchev–Trinajstić information content (AvgIpc) is 3.26. The Morgan fingerprint density at radius 3 is 2.70 bits per heavy atom. The fourth-order valence-electron chi connectivity index (χ4n) is 3.76. The van der Waals surface area contributed by atoms with Crippen LogP contribution in [-0.2, 0) is 19.1 Å². The van der Waals surface area contributed by atoms with E-state index in [2.05, 4.69) is 5.32 Å². The van der Waals surface area contributed by atoms with Crippen LogP contribution < -0.4 is 14.8 Å². The molecule has 0 radical (unpaired) electrons. The molecular formula is C21H28N2O7. The molecule has 2 atom stereocenters. The Bertz CT molecular complexity index is 824. The SMILES string of the molecule is COc1ccc2c(c1OC)C(=O)O[C@@H]2N1C(=O)CC[C@H]1C(=O)NCCCOC(C)C. The maximum atomic E-state index is 12.7. The van der Waals surface area contributed by atoms with E-state index in [1.165, 1.54) is 19.1 Å². The zero-order valence-corrected chi connectivity index (χ0v) is 17.7. The van der Waals surface area contributed by atoms with Crippen molar-refractivity contribution in [2.24, 2.45) is 0 Å². The number of nitrogens with one attached hydrogen (secondary N) is 1. The number of carbonyl (C=O) groups is 3. The van der Waals surface area contributed by atoms with Crippen LogP contribution >= 0.6 is 0 Å². The summed E-state index contributed by atoms with van der Waals surface area (Å²) >= 11 is 0. The third-order valence-corrected chi connectivity index (χ3v) is 5.15. The van der Waals surface area contributed by atoms with E-state index in [1.807, 2.05) is 13.8 Å². The molecule has 9 nitrogen and oxygen atoms in total. The summed E-state index contributed by atoms with van der Waals surface area (Å²) in [7, 11) is 2.90. The van der Waals surface area contributed by atoms with Crippen molar-refractivity contribution in [2.75, 3.05) is 27.4 Å². The molecule has 1 aromatic rings. The number of hydrogen-bond acceptors (Lipinski definition) is 7. The first-order chi connectivity index (χ1) is 14.4. The predicted molar refractivity (Wildman–Crippen MR) is 106 cm³/mol. The zero-order valence-electron chi connectivity index (χ0n) is 17.7. The van der Waals surface area contributed by atoms with Crippen molar-refractivity contribution < 1.29 is 33.3 Å². The highest BCUT2D eigenvalue weighted by molar-refractivity contribution is 5.99. The summed E-state index contributed by atoms with van der Waals surface area (Å²) < 4.78 is 21.5. The monoisotopic (exact) mass is 420 g/mol. The predicted octanol–water partition coefficient (Wildman–Crippen LogP) is 1.80. The number of esters is 1. The average molecular weight is 420 g/mol. The van der Waals surface area contributed by atoms with E-state index in [0.717, 1.165) is 0 Å². The van der Waals surface area contributed by atoms with Gasteiger partial charge in [0.2, 0.25) is 18.0 Å². The van der Waals surface area contributed by atoms with Crippen molar-refractivity contribution in [2.45, 2.75) is 51.5 Å². The van der Waals surface area contributed by atoms with E-state index < -0.39 is 18.2 Å². The molecule has 1 saturated heterocycles. The summed E-state index contributed by atoms with van der Waals surface area (Å²) in [4.78, 5) is 39.3. The summed E-state index contributed by atoms with van der Waals surface area (Å²) in [5, 5.41) is 2.85. The Kier molecular flexibility index (Phi) is 6.81. The molecule has 1 N–H and O–H groups in total. The molecule has 2 heterocycles. The summed E-state index contributed by atoms with van der Waals surface area (Å²) in [6.45, 7) is 4.88. The number of hydrogen-bond donors (Lipinski definition) is 1. The Morgan fingerprint density at radius 1 is 1.27 bits per heavy atom. The molecule has 2 aliphatic heterocycles. The molecule has 1 aromatic carbocycles. The third kappa shape index (κ3) is 4.21. The minimum absolute atomic E-state index is 0.136. The maximum Gasteiger partial charge on any atom is 0.344 e. The number of methoxy groups -OCH3 is 2. The fourth-order valence-corrected chi connectivity index (χ4v) is 3.76. The molecule has 0 spiro atoms. The van der Waals surface area contributed by atoms with Gasteiger partial charge in [-0.1, -0.05) is 0 Å². The van der Waals surface area contributed by atoms with Gasteiger partial charge in [-0.2, -0.15) is 0 Å². The van der Waals surface area contributed by atoms with E-state index in [4.69, 9.17) is 18.9 Å². The van der Waals surface area contributed by atoms with Crippen LogP contribution in [0.2, 0.25) is 0 Å².